The molecule has 1 N–H and O–H groups in total. The number of carbonyl (C=O) groups excluding carboxylic acids is 1. The fourth-order valence-electron chi connectivity index (χ4n) is 4.71. The fourth-order valence-corrected chi connectivity index (χ4v) is 4.71. The van der Waals surface area contributed by atoms with Crippen molar-refractivity contribution < 1.29 is 14.3 Å². The zero-order chi connectivity index (χ0) is 21.6. The number of ether oxygens (including phenoxy) is 2. The Hall–Kier alpha value is -1.34. The van der Waals surface area contributed by atoms with Crippen molar-refractivity contribution in [3.8, 4) is 0 Å². The van der Waals surface area contributed by atoms with Crippen LogP contribution in [0.1, 0.15) is 59.8 Å². The molecule has 1 saturated carbocycles. The number of morpholine rings is 1. The third kappa shape index (κ3) is 5.47. The molecule has 172 valence electrons. The van der Waals surface area contributed by atoms with Crippen LogP contribution >= 0.6 is 0 Å². The Balaban J connectivity index is 1.49. The number of nitrogens with one attached hydrogen (secondary N) is 1. The Morgan fingerprint density at radius 1 is 1.13 bits per heavy atom. The van der Waals surface area contributed by atoms with Crippen molar-refractivity contribution in [3.63, 3.8) is 0 Å². The molecule has 3 fully saturated rings. The van der Waals surface area contributed by atoms with Crippen LogP contribution in [0.2, 0.25) is 0 Å². The molecule has 0 spiro atoms. The molecule has 3 rings (SSSR count). The van der Waals surface area contributed by atoms with Gasteiger partial charge in [-0.3, -0.25) is 9.79 Å². The van der Waals surface area contributed by atoms with Crippen LogP contribution in [-0.4, -0.2) is 86.4 Å². The van der Waals surface area contributed by atoms with Gasteiger partial charge in [-0.05, 0) is 32.6 Å². The van der Waals surface area contributed by atoms with Crippen LogP contribution in [0, 0.1) is 11.3 Å². The van der Waals surface area contributed by atoms with Crippen molar-refractivity contribution in [2.24, 2.45) is 16.3 Å². The highest BCUT2D eigenvalue weighted by Gasteiger charge is 2.49. The van der Waals surface area contributed by atoms with E-state index in [1.165, 1.54) is 6.42 Å². The standard InChI is InChI=1S/C23H42N4O3/c1-5-7-14-30-20-17-19(23(20,3)4)25-22(24-6-2)27-10-8-18(9-11-27)21(28)26-12-15-29-16-13-26/h18-20H,5-17H2,1-4H3,(H,24,25). The predicted octanol–water partition coefficient (Wildman–Crippen LogP) is 2.51. The molecule has 0 aromatic rings. The zero-order valence-corrected chi connectivity index (χ0v) is 19.5. The Morgan fingerprint density at radius 3 is 2.43 bits per heavy atom. The number of rotatable bonds is 7. The van der Waals surface area contributed by atoms with E-state index in [0.29, 0.717) is 31.3 Å². The summed E-state index contributed by atoms with van der Waals surface area (Å²) in [7, 11) is 0. The zero-order valence-electron chi connectivity index (χ0n) is 19.5. The second-order valence-corrected chi connectivity index (χ2v) is 9.46. The lowest BCUT2D eigenvalue weighted by atomic mass is 9.64. The third-order valence-electron chi connectivity index (χ3n) is 7.07. The topological polar surface area (TPSA) is 66.4 Å². The first-order valence-corrected chi connectivity index (χ1v) is 12.0. The molecule has 30 heavy (non-hydrogen) atoms. The maximum atomic E-state index is 12.8. The van der Waals surface area contributed by atoms with Gasteiger partial charge in [0.05, 0.1) is 19.3 Å². The molecule has 7 nitrogen and oxygen atoms in total. The monoisotopic (exact) mass is 422 g/mol. The van der Waals surface area contributed by atoms with E-state index in [4.69, 9.17) is 14.5 Å². The molecule has 2 unspecified atom stereocenters. The van der Waals surface area contributed by atoms with E-state index < -0.39 is 0 Å². The van der Waals surface area contributed by atoms with Crippen molar-refractivity contribution in [3.05, 3.63) is 0 Å². The average molecular weight is 423 g/mol. The fraction of sp³-hybridized carbons (Fsp3) is 0.913. The molecule has 0 aromatic heterocycles. The summed E-state index contributed by atoms with van der Waals surface area (Å²) in [5.74, 6) is 1.45. The van der Waals surface area contributed by atoms with Crippen molar-refractivity contribution in [2.75, 3.05) is 52.5 Å². The van der Waals surface area contributed by atoms with Gasteiger partial charge in [0.25, 0.3) is 0 Å². The molecule has 3 aliphatic rings. The summed E-state index contributed by atoms with van der Waals surface area (Å²) < 4.78 is 11.5. The van der Waals surface area contributed by atoms with E-state index in [0.717, 1.165) is 71.0 Å². The molecule has 2 saturated heterocycles. The van der Waals surface area contributed by atoms with E-state index in [-0.39, 0.29) is 11.3 Å². The summed E-state index contributed by atoms with van der Waals surface area (Å²) >= 11 is 0. The quantitative estimate of drug-likeness (QED) is 0.388. The summed E-state index contributed by atoms with van der Waals surface area (Å²) in [5, 5.41) is 3.73. The van der Waals surface area contributed by atoms with Gasteiger partial charge in [-0.1, -0.05) is 27.2 Å². The van der Waals surface area contributed by atoms with Gasteiger partial charge in [0, 0.05) is 56.7 Å². The van der Waals surface area contributed by atoms with Crippen molar-refractivity contribution in [2.45, 2.75) is 71.9 Å². The molecule has 7 heteroatoms. The van der Waals surface area contributed by atoms with E-state index in [1.807, 2.05) is 4.90 Å². The highest BCUT2D eigenvalue weighted by atomic mass is 16.5. The predicted molar refractivity (Wildman–Crippen MR) is 120 cm³/mol. The summed E-state index contributed by atoms with van der Waals surface area (Å²) in [5.41, 5.74) is 0.104. The number of likely N-dealkylation sites (tertiary alicyclic amines) is 1. The molecule has 2 atom stereocenters. The maximum Gasteiger partial charge on any atom is 0.225 e. The molecule has 2 heterocycles. The lowest BCUT2D eigenvalue weighted by molar-refractivity contribution is -0.140. The highest BCUT2D eigenvalue weighted by Crippen LogP contribution is 2.43. The smallest absolute Gasteiger partial charge is 0.225 e. The number of piperidine rings is 1. The van der Waals surface area contributed by atoms with E-state index in [1.54, 1.807) is 0 Å². The molecule has 0 radical (unpaired) electrons. The number of hydrogen-bond donors (Lipinski definition) is 1. The lowest BCUT2D eigenvalue weighted by Gasteiger charge is -2.52. The lowest BCUT2D eigenvalue weighted by Crippen LogP contribution is -2.64. The number of guanidine groups is 1. The molecular formula is C23H42N4O3. The first-order valence-electron chi connectivity index (χ1n) is 12.0. The first-order chi connectivity index (χ1) is 14.5. The van der Waals surface area contributed by atoms with E-state index in [9.17, 15) is 4.79 Å². The molecule has 2 aliphatic heterocycles. The van der Waals surface area contributed by atoms with Crippen molar-refractivity contribution in [1.82, 2.24) is 15.1 Å². The van der Waals surface area contributed by atoms with Gasteiger partial charge >= 0.3 is 0 Å². The number of hydrogen-bond acceptors (Lipinski definition) is 4. The van der Waals surface area contributed by atoms with Crippen molar-refractivity contribution >= 4 is 11.9 Å². The largest absolute Gasteiger partial charge is 0.378 e. The van der Waals surface area contributed by atoms with Crippen LogP contribution in [0.15, 0.2) is 4.99 Å². The first kappa shape index (κ1) is 23.3. The molecule has 0 aromatic carbocycles. The van der Waals surface area contributed by atoms with Crippen LogP contribution in [0.5, 0.6) is 0 Å². The van der Waals surface area contributed by atoms with E-state index >= 15 is 0 Å². The minimum absolute atomic E-state index is 0.104. The molecular weight excluding hydrogens is 380 g/mol. The summed E-state index contributed by atoms with van der Waals surface area (Å²) in [6, 6.07) is 0.377. The Kier molecular flexibility index (Phi) is 8.40. The number of nitrogens with zero attached hydrogens (tertiary/aromatic N) is 3. The number of aliphatic imine (C=N–C) groups is 1. The minimum Gasteiger partial charge on any atom is -0.378 e. The van der Waals surface area contributed by atoms with Crippen LogP contribution in [0.3, 0.4) is 0 Å². The summed E-state index contributed by atoms with van der Waals surface area (Å²) in [6.45, 7) is 15.1. The van der Waals surface area contributed by atoms with Gasteiger partial charge in [-0.15, -0.1) is 0 Å². The Bertz CT molecular complexity index is 581. The van der Waals surface area contributed by atoms with Crippen LogP contribution < -0.4 is 5.32 Å². The van der Waals surface area contributed by atoms with Gasteiger partial charge in [0.15, 0.2) is 5.96 Å². The van der Waals surface area contributed by atoms with Gasteiger partial charge < -0.3 is 24.6 Å². The Morgan fingerprint density at radius 2 is 1.83 bits per heavy atom. The molecule has 0 bridgehead atoms. The van der Waals surface area contributed by atoms with Gasteiger partial charge in [0.1, 0.15) is 0 Å². The third-order valence-corrected chi connectivity index (χ3v) is 7.07. The van der Waals surface area contributed by atoms with Gasteiger partial charge in [-0.25, -0.2) is 0 Å². The van der Waals surface area contributed by atoms with Crippen LogP contribution in [0.4, 0.5) is 0 Å². The second kappa shape index (κ2) is 10.8. The summed E-state index contributed by atoms with van der Waals surface area (Å²) in [4.78, 5) is 21.9. The summed E-state index contributed by atoms with van der Waals surface area (Å²) in [6.07, 6.45) is 5.46. The minimum atomic E-state index is 0.104. The average Bonchev–Trinajstić information content (AvgIpc) is 2.77. The number of amides is 1. The number of unbranched alkanes of at least 4 members (excludes halogenated alkanes) is 1. The van der Waals surface area contributed by atoms with Crippen LogP contribution in [-0.2, 0) is 14.3 Å². The van der Waals surface area contributed by atoms with Crippen LogP contribution in [0.25, 0.3) is 0 Å². The highest BCUT2D eigenvalue weighted by molar-refractivity contribution is 5.82. The Labute approximate surface area is 182 Å². The van der Waals surface area contributed by atoms with Gasteiger partial charge in [-0.2, -0.15) is 0 Å². The molecule has 1 aliphatic carbocycles. The SMILES string of the molecule is CCCCOC1CC(NC(=NCC)N2CCC(C(=O)N3CCOCC3)CC2)C1(C)C. The molecule has 1 amide bonds. The number of carbonyl (C=O) groups is 1. The second-order valence-electron chi connectivity index (χ2n) is 9.46. The maximum absolute atomic E-state index is 12.8. The normalized spacial score (nSPS) is 27.7. The van der Waals surface area contributed by atoms with E-state index in [2.05, 4.69) is 37.9 Å². The van der Waals surface area contributed by atoms with Crippen molar-refractivity contribution in [1.29, 1.82) is 0 Å². The van der Waals surface area contributed by atoms with Gasteiger partial charge in [0.2, 0.25) is 5.91 Å².